The normalized spacial score (nSPS) is 15.4. The van der Waals surface area contributed by atoms with Gasteiger partial charge in [0.2, 0.25) is 5.88 Å². The summed E-state index contributed by atoms with van der Waals surface area (Å²) in [5.41, 5.74) is -3.57. The molecule has 2 heterocycles. The lowest BCUT2D eigenvalue weighted by Gasteiger charge is -2.23. The lowest BCUT2D eigenvalue weighted by molar-refractivity contribution is -0.137. The SMILES string of the molecule is O=c1[nH]c(=O)n(-c2cccc(C(F)(F)F)c2)c(O)c1C=NN1CCOCC1. The fourth-order valence-electron chi connectivity index (χ4n) is 2.52. The minimum atomic E-state index is -4.63. The minimum Gasteiger partial charge on any atom is -0.493 e. The third-order valence-corrected chi connectivity index (χ3v) is 3.89. The van der Waals surface area contributed by atoms with Gasteiger partial charge in [0.25, 0.3) is 5.56 Å². The van der Waals surface area contributed by atoms with E-state index in [9.17, 15) is 27.9 Å². The van der Waals surface area contributed by atoms with Gasteiger partial charge in [-0.25, -0.2) is 9.36 Å². The van der Waals surface area contributed by atoms with Crippen LogP contribution in [0, 0.1) is 0 Å². The van der Waals surface area contributed by atoms with Crippen molar-refractivity contribution in [1.82, 2.24) is 14.6 Å². The second kappa shape index (κ2) is 7.27. The van der Waals surface area contributed by atoms with Crippen molar-refractivity contribution in [2.75, 3.05) is 26.3 Å². The van der Waals surface area contributed by atoms with Gasteiger partial charge in [0, 0.05) is 0 Å². The molecule has 2 aromatic rings. The van der Waals surface area contributed by atoms with Gasteiger partial charge >= 0.3 is 11.9 Å². The smallest absolute Gasteiger partial charge is 0.416 e. The maximum absolute atomic E-state index is 12.9. The van der Waals surface area contributed by atoms with Crippen molar-refractivity contribution in [1.29, 1.82) is 0 Å². The van der Waals surface area contributed by atoms with Crippen molar-refractivity contribution in [3.63, 3.8) is 0 Å². The highest BCUT2D eigenvalue weighted by Gasteiger charge is 2.31. The van der Waals surface area contributed by atoms with Crippen LogP contribution in [0.2, 0.25) is 0 Å². The molecule has 1 aliphatic heterocycles. The van der Waals surface area contributed by atoms with Crippen LogP contribution in [0.4, 0.5) is 13.2 Å². The Bertz CT molecular complexity index is 975. The predicted molar refractivity (Wildman–Crippen MR) is 89.3 cm³/mol. The first-order valence-corrected chi connectivity index (χ1v) is 7.90. The summed E-state index contributed by atoms with van der Waals surface area (Å²) in [7, 11) is 0. The Morgan fingerprint density at radius 3 is 2.59 bits per heavy atom. The topological polar surface area (TPSA) is 99.9 Å². The van der Waals surface area contributed by atoms with Gasteiger partial charge in [-0.3, -0.25) is 14.8 Å². The molecule has 1 saturated heterocycles. The molecule has 0 aliphatic carbocycles. The van der Waals surface area contributed by atoms with E-state index in [0.717, 1.165) is 18.3 Å². The number of ether oxygens (including phenoxy) is 1. The van der Waals surface area contributed by atoms with Crippen LogP contribution >= 0.6 is 0 Å². The predicted octanol–water partition coefficient (Wildman–Crippen LogP) is 0.916. The van der Waals surface area contributed by atoms with Gasteiger partial charge in [0.05, 0.1) is 43.8 Å². The molecule has 0 unspecified atom stereocenters. The van der Waals surface area contributed by atoms with Crippen molar-refractivity contribution >= 4 is 6.21 Å². The number of H-pyrrole nitrogens is 1. The van der Waals surface area contributed by atoms with Crippen molar-refractivity contribution in [3.05, 3.63) is 56.2 Å². The molecule has 1 aromatic carbocycles. The fourth-order valence-corrected chi connectivity index (χ4v) is 2.52. The number of nitrogens with one attached hydrogen (secondary N) is 1. The number of nitrogens with zero attached hydrogens (tertiary/aromatic N) is 3. The zero-order chi connectivity index (χ0) is 19.6. The van der Waals surface area contributed by atoms with Gasteiger partial charge in [0.15, 0.2) is 0 Å². The number of halogens is 3. The molecule has 0 radical (unpaired) electrons. The molecule has 0 bridgehead atoms. The molecule has 1 fully saturated rings. The molecule has 1 aliphatic rings. The molecule has 144 valence electrons. The molecule has 27 heavy (non-hydrogen) atoms. The molecule has 0 amide bonds. The van der Waals surface area contributed by atoms with Crippen molar-refractivity contribution in [3.8, 4) is 11.6 Å². The Balaban J connectivity index is 2.06. The number of aromatic hydroxyl groups is 1. The van der Waals surface area contributed by atoms with Crippen LogP contribution in [0.25, 0.3) is 5.69 Å². The van der Waals surface area contributed by atoms with E-state index in [1.54, 1.807) is 5.01 Å². The van der Waals surface area contributed by atoms with E-state index in [-0.39, 0.29) is 11.3 Å². The third-order valence-electron chi connectivity index (χ3n) is 3.89. The quantitative estimate of drug-likeness (QED) is 0.767. The third kappa shape index (κ3) is 4.03. The monoisotopic (exact) mass is 384 g/mol. The fraction of sp³-hybridized carbons (Fsp3) is 0.312. The Morgan fingerprint density at radius 1 is 1.22 bits per heavy atom. The standard InChI is InChI=1S/C16H15F3N4O4/c17-16(18,19)10-2-1-3-11(8-10)23-14(25)12(13(24)21-15(23)26)9-20-22-4-6-27-7-5-22/h1-3,8-9,25H,4-7H2,(H,21,24,26). The van der Waals surface area contributed by atoms with E-state index in [4.69, 9.17) is 4.74 Å². The van der Waals surface area contributed by atoms with E-state index in [2.05, 4.69) is 5.10 Å². The minimum absolute atomic E-state index is 0.246. The molecule has 11 heteroatoms. The lowest BCUT2D eigenvalue weighted by atomic mass is 10.2. The number of aromatic amines is 1. The molecule has 3 rings (SSSR count). The first-order valence-electron chi connectivity index (χ1n) is 7.90. The zero-order valence-corrected chi connectivity index (χ0v) is 13.9. The van der Waals surface area contributed by atoms with Crippen LogP contribution in [0.3, 0.4) is 0 Å². The average Bonchev–Trinajstić information content (AvgIpc) is 2.61. The highest BCUT2D eigenvalue weighted by atomic mass is 19.4. The van der Waals surface area contributed by atoms with Crippen LogP contribution in [0.5, 0.6) is 5.88 Å². The molecule has 8 nitrogen and oxygen atoms in total. The van der Waals surface area contributed by atoms with Gasteiger partial charge in [-0.15, -0.1) is 0 Å². The number of hydrazone groups is 1. The number of hydrogen-bond donors (Lipinski definition) is 2. The van der Waals surface area contributed by atoms with Crippen molar-refractivity contribution < 1.29 is 23.0 Å². The van der Waals surface area contributed by atoms with E-state index in [0.29, 0.717) is 36.9 Å². The first kappa shape index (κ1) is 18.7. The first-order chi connectivity index (χ1) is 12.8. The number of rotatable bonds is 3. The summed E-state index contributed by atoms with van der Waals surface area (Å²) in [5, 5.41) is 16.0. The summed E-state index contributed by atoms with van der Waals surface area (Å²) in [6.07, 6.45) is -3.57. The lowest BCUT2D eigenvalue weighted by Crippen LogP contribution is -2.34. The highest BCUT2D eigenvalue weighted by Crippen LogP contribution is 2.30. The number of benzene rings is 1. The maximum atomic E-state index is 12.9. The van der Waals surface area contributed by atoms with Gasteiger partial charge < -0.3 is 9.84 Å². The number of alkyl halides is 3. The molecule has 0 atom stereocenters. The number of morpholine rings is 1. The molecule has 0 spiro atoms. The molecule has 1 aromatic heterocycles. The second-order valence-electron chi connectivity index (χ2n) is 5.69. The summed E-state index contributed by atoms with van der Waals surface area (Å²) >= 11 is 0. The number of aromatic nitrogens is 2. The summed E-state index contributed by atoms with van der Waals surface area (Å²) in [4.78, 5) is 26.0. The summed E-state index contributed by atoms with van der Waals surface area (Å²) < 4.78 is 44.5. The maximum Gasteiger partial charge on any atom is 0.416 e. The van der Waals surface area contributed by atoms with Gasteiger partial charge in [0.1, 0.15) is 5.56 Å². The van der Waals surface area contributed by atoms with Crippen molar-refractivity contribution in [2.24, 2.45) is 5.10 Å². The van der Waals surface area contributed by atoms with Gasteiger partial charge in [-0.2, -0.15) is 18.3 Å². The molecule has 0 saturated carbocycles. The van der Waals surface area contributed by atoms with E-state index in [1.165, 1.54) is 6.07 Å². The van der Waals surface area contributed by atoms with Crippen molar-refractivity contribution in [2.45, 2.75) is 6.18 Å². The van der Waals surface area contributed by atoms with Crippen LogP contribution in [0.1, 0.15) is 11.1 Å². The van der Waals surface area contributed by atoms with E-state index < -0.39 is 28.9 Å². The summed E-state index contributed by atoms with van der Waals surface area (Å²) in [5.74, 6) is -0.805. The molecular formula is C16H15F3N4O4. The van der Waals surface area contributed by atoms with Crippen LogP contribution in [-0.4, -0.2) is 52.2 Å². The van der Waals surface area contributed by atoms with E-state index >= 15 is 0 Å². The average molecular weight is 384 g/mol. The Hall–Kier alpha value is -3.08. The summed E-state index contributed by atoms with van der Waals surface area (Å²) in [6.45, 7) is 1.84. The molecular weight excluding hydrogens is 369 g/mol. The largest absolute Gasteiger partial charge is 0.493 e. The van der Waals surface area contributed by atoms with Gasteiger partial charge in [-0.05, 0) is 18.2 Å². The summed E-state index contributed by atoms with van der Waals surface area (Å²) in [6, 6.07) is 3.83. The van der Waals surface area contributed by atoms with Crippen LogP contribution in [0.15, 0.2) is 39.0 Å². The van der Waals surface area contributed by atoms with Crippen LogP contribution in [-0.2, 0) is 10.9 Å². The second-order valence-corrected chi connectivity index (χ2v) is 5.69. The Kier molecular flexibility index (Phi) is 5.04. The molecule has 2 N–H and O–H groups in total. The highest BCUT2D eigenvalue weighted by molar-refractivity contribution is 5.82. The number of hydrogen-bond acceptors (Lipinski definition) is 6. The Labute approximate surface area is 150 Å². The van der Waals surface area contributed by atoms with E-state index in [1.807, 2.05) is 4.98 Å². The van der Waals surface area contributed by atoms with Gasteiger partial charge in [-0.1, -0.05) is 6.07 Å². The van der Waals surface area contributed by atoms with Crippen LogP contribution < -0.4 is 11.2 Å². The Morgan fingerprint density at radius 2 is 1.93 bits per heavy atom. The zero-order valence-electron chi connectivity index (χ0n) is 13.9.